The van der Waals surface area contributed by atoms with Crippen molar-refractivity contribution >= 4 is 0 Å². The molecule has 0 saturated carbocycles. The molecule has 0 radical (unpaired) electrons. The molecule has 1 aromatic heterocycles. The molecule has 0 spiro atoms. The summed E-state index contributed by atoms with van der Waals surface area (Å²) in [5.74, 6) is 1.04. The fourth-order valence-electron chi connectivity index (χ4n) is 2.13. The second-order valence-electron chi connectivity index (χ2n) is 4.06. The molecule has 1 saturated heterocycles. The van der Waals surface area contributed by atoms with Crippen molar-refractivity contribution in [2.75, 3.05) is 20.3 Å². The second kappa shape index (κ2) is 5.27. The maximum atomic E-state index is 5.78. The van der Waals surface area contributed by atoms with Crippen LogP contribution in [0.1, 0.15) is 24.5 Å². The van der Waals surface area contributed by atoms with Crippen LogP contribution in [0.5, 0.6) is 5.88 Å². The quantitative estimate of drug-likeness (QED) is 0.842. The summed E-state index contributed by atoms with van der Waals surface area (Å²) in [6.07, 6.45) is 4.14. The van der Waals surface area contributed by atoms with Crippen molar-refractivity contribution in [2.24, 2.45) is 11.7 Å². The van der Waals surface area contributed by atoms with Crippen LogP contribution in [0.15, 0.2) is 18.3 Å². The lowest BCUT2D eigenvalue weighted by atomic mass is 9.90. The fraction of sp³-hybridized carbons (Fsp3) is 0.583. The Balaban J connectivity index is 2.14. The van der Waals surface area contributed by atoms with Crippen molar-refractivity contribution in [3.05, 3.63) is 23.9 Å². The number of nitrogens with two attached hydrogens (primary N) is 1. The zero-order valence-electron chi connectivity index (χ0n) is 9.56. The molecule has 4 nitrogen and oxygen atoms in total. The van der Waals surface area contributed by atoms with Crippen LogP contribution in [0.4, 0.5) is 0 Å². The average molecular weight is 222 g/mol. The fourth-order valence-corrected chi connectivity index (χ4v) is 2.13. The van der Waals surface area contributed by atoms with Gasteiger partial charge in [-0.15, -0.1) is 0 Å². The summed E-state index contributed by atoms with van der Waals surface area (Å²) in [4.78, 5) is 4.20. The van der Waals surface area contributed by atoms with Crippen molar-refractivity contribution in [1.29, 1.82) is 0 Å². The molecule has 4 heteroatoms. The lowest BCUT2D eigenvalue weighted by Crippen LogP contribution is -2.28. The topological polar surface area (TPSA) is 57.4 Å². The number of rotatable bonds is 3. The van der Waals surface area contributed by atoms with Gasteiger partial charge in [0.1, 0.15) is 0 Å². The van der Waals surface area contributed by atoms with Gasteiger partial charge < -0.3 is 15.2 Å². The van der Waals surface area contributed by atoms with E-state index < -0.39 is 0 Å². The van der Waals surface area contributed by atoms with E-state index >= 15 is 0 Å². The minimum Gasteiger partial charge on any atom is -0.481 e. The largest absolute Gasteiger partial charge is 0.481 e. The molecule has 2 atom stereocenters. The highest BCUT2D eigenvalue weighted by Gasteiger charge is 2.26. The van der Waals surface area contributed by atoms with E-state index in [-0.39, 0.29) is 6.10 Å². The zero-order chi connectivity index (χ0) is 11.4. The van der Waals surface area contributed by atoms with Gasteiger partial charge in [0.2, 0.25) is 5.88 Å². The Morgan fingerprint density at radius 2 is 2.44 bits per heavy atom. The number of hydrogen-bond donors (Lipinski definition) is 1. The van der Waals surface area contributed by atoms with Crippen LogP contribution in [0.3, 0.4) is 0 Å². The van der Waals surface area contributed by atoms with Gasteiger partial charge in [-0.05, 0) is 31.0 Å². The Morgan fingerprint density at radius 1 is 1.56 bits per heavy atom. The van der Waals surface area contributed by atoms with E-state index in [0.717, 1.165) is 25.0 Å². The Bertz CT molecular complexity index is 326. The van der Waals surface area contributed by atoms with Gasteiger partial charge in [-0.25, -0.2) is 4.98 Å². The summed E-state index contributed by atoms with van der Waals surface area (Å²) in [5, 5.41) is 0. The van der Waals surface area contributed by atoms with Crippen molar-refractivity contribution in [3.8, 4) is 5.88 Å². The maximum absolute atomic E-state index is 5.78. The third-order valence-corrected chi connectivity index (χ3v) is 3.04. The third kappa shape index (κ3) is 2.33. The predicted molar refractivity (Wildman–Crippen MR) is 61.3 cm³/mol. The molecule has 1 fully saturated rings. The van der Waals surface area contributed by atoms with E-state index in [1.807, 2.05) is 18.3 Å². The molecule has 0 aromatic carbocycles. The second-order valence-corrected chi connectivity index (χ2v) is 4.06. The molecule has 0 bridgehead atoms. The first kappa shape index (κ1) is 11.4. The van der Waals surface area contributed by atoms with Crippen LogP contribution in [0.2, 0.25) is 0 Å². The molecule has 1 aromatic rings. The molecule has 2 heterocycles. The van der Waals surface area contributed by atoms with Crippen molar-refractivity contribution < 1.29 is 9.47 Å². The van der Waals surface area contributed by atoms with E-state index in [2.05, 4.69) is 4.98 Å². The molecule has 0 aliphatic carbocycles. The van der Waals surface area contributed by atoms with Gasteiger partial charge in [-0.2, -0.15) is 0 Å². The van der Waals surface area contributed by atoms with Crippen molar-refractivity contribution in [2.45, 2.75) is 18.9 Å². The Morgan fingerprint density at radius 3 is 3.06 bits per heavy atom. The molecule has 2 unspecified atom stereocenters. The monoisotopic (exact) mass is 222 g/mol. The normalized spacial score (nSPS) is 25.4. The smallest absolute Gasteiger partial charge is 0.212 e. The van der Waals surface area contributed by atoms with Gasteiger partial charge >= 0.3 is 0 Å². The number of ether oxygens (including phenoxy) is 2. The highest BCUT2D eigenvalue weighted by atomic mass is 16.5. The predicted octanol–water partition coefficient (Wildman–Crippen LogP) is 1.52. The lowest BCUT2D eigenvalue weighted by molar-refractivity contribution is -0.0253. The average Bonchev–Trinajstić information content (AvgIpc) is 2.39. The van der Waals surface area contributed by atoms with E-state index in [1.54, 1.807) is 7.11 Å². The van der Waals surface area contributed by atoms with E-state index in [1.165, 1.54) is 0 Å². The molecule has 0 amide bonds. The molecule has 2 N–H and O–H groups in total. The highest BCUT2D eigenvalue weighted by molar-refractivity contribution is 5.20. The van der Waals surface area contributed by atoms with Crippen LogP contribution in [0, 0.1) is 5.92 Å². The van der Waals surface area contributed by atoms with E-state index in [9.17, 15) is 0 Å². The summed E-state index contributed by atoms with van der Waals surface area (Å²) < 4.78 is 10.8. The SMILES string of the molecule is COc1ccc(C2OCCCC2CN)cn1. The minimum absolute atomic E-state index is 0.0946. The number of methoxy groups -OCH3 is 1. The van der Waals surface area contributed by atoms with Crippen LogP contribution < -0.4 is 10.5 Å². The van der Waals surface area contributed by atoms with Crippen molar-refractivity contribution in [3.63, 3.8) is 0 Å². The van der Waals surface area contributed by atoms with Gasteiger partial charge in [0.15, 0.2) is 0 Å². The Kier molecular flexibility index (Phi) is 3.74. The molecule has 88 valence electrons. The lowest BCUT2D eigenvalue weighted by Gasteiger charge is -2.31. The third-order valence-electron chi connectivity index (χ3n) is 3.04. The summed E-state index contributed by atoms with van der Waals surface area (Å²) in [5.41, 5.74) is 6.86. The summed E-state index contributed by atoms with van der Waals surface area (Å²) in [6, 6.07) is 3.87. The number of pyridine rings is 1. The highest BCUT2D eigenvalue weighted by Crippen LogP contribution is 2.32. The summed E-state index contributed by atoms with van der Waals surface area (Å²) >= 11 is 0. The Hall–Kier alpha value is -1.13. The molecule has 1 aliphatic heterocycles. The van der Waals surface area contributed by atoms with E-state index in [4.69, 9.17) is 15.2 Å². The first-order valence-electron chi connectivity index (χ1n) is 5.66. The molecular weight excluding hydrogens is 204 g/mol. The van der Waals surface area contributed by atoms with Crippen LogP contribution >= 0.6 is 0 Å². The first-order valence-corrected chi connectivity index (χ1v) is 5.66. The molecular formula is C12H18N2O2. The van der Waals surface area contributed by atoms with Gasteiger partial charge in [0.25, 0.3) is 0 Å². The van der Waals surface area contributed by atoms with Gasteiger partial charge in [-0.3, -0.25) is 0 Å². The van der Waals surface area contributed by atoms with Crippen LogP contribution in [-0.2, 0) is 4.74 Å². The van der Waals surface area contributed by atoms with Gasteiger partial charge in [0, 0.05) is 24.8 Å². The van der Waals surface area contributed by atoms with Crippen LogP contribution in [0.25, 0.3) is 0 Å². The standard InChI is InChI=1S/C12H18N2O2/c1-15-11-5-4-10(8-14-11)12-9(7-13)3-2-6-16-12/h4-5,8-9,12H,2-3,6-7,13H2,1H3. The molecule has 2 rings (SSSR count). The van der Waals surface area contributed by atoms with E-state index in [0.29, 0.717) is 18.3 Å². The number of nitrogens with zero attached hydrogens (tertiary/aromatic N) is 1. The summed E-state index contributed by atoms with van der Waals surface area (Å²) in [7, 11) is 1.61. The zero-order valence-corrected chi connectivity index (χ0v) is 9.56. The maximum Gasteiger partial charge on any atom is 0.212 e. The van der Waals surface area contributed by atoms with Gasteiger partial charge in [-0.1, -0.05) is 0 Å². The molecule has 16 heavy (non-hydrogen) atoms. The Labute approximate surface area is 95.8 Å². The van der Waals surface area contributed by atoms with Crippen molar-refractivity contribution in [1.82, 2.24) is 4.98 Å². The number of aromatic nitrogens is 1. The summed E-state index contributed by atoms with van der Waals surface area (Å²) in [6.45, 7) is 1.48. The number of hydrogen-bond acceptors (Lipinski definition) is 4. The minimum atomic E-state index is 0.0946. The molecule has 1 aliphatic rings. The first-order chi connectivity index (χ1) is 7.85. The van der Waals surface area contributed by atoms with Crippen LogP contribution in [-0.4, -0.2) is 25.2 Å². The van der Waals surface area contributed by atoms with Gasteiger partial charge in [0.05, 0.1) is 13.2 Å².